The molecule has 646 valence electrons. The van der Waals surface area contributed by atoms with Crippen LogP contribution in [0.2, 0.25) is 0 Å². The lowest BCUT2D eigenvalue weighted by Gasteiger charge is -2.13. The van der Waals surface area contributed by atoms with Crippen molar-refractivity contribution < 1.29 is 8.78 Å². The molecule has 9 nitrogen and oxygen atoms in total. The summed E-state index contributed by atoms with van der Waals surface area (Å²) in [5, 5.41) is 6.14. The Bertz CT molecular complexity index is 7920. The van der Waals surface area contributed by atoms with Crippen LogP contribution >= 0.6 is 0 Å². The minimum Gasteiger partial charge on any atom is -0.309 e. The summed E-state index contributed by atoms with van der Waals surface area (Å²) in [6, 6.07) is 167. The fourth-order valence-electron chi connectivity index (χ4n) is 18.7. The molecule has 0 saturated carbocycles. The van der Waals surface area contributed by atoms with Gasteiger partial charge >= 0.3 is 0 Å². The molecule has 0 aliphatic rings. The molecule has 0 radical (unpaired) electrons. The average molecular weight is 1760 g/mol. The Balaban J connectivity index is 0.000000116. The average Bonchev–Trinajstić information content (AvgIpc) is 1.59. The Morgan fingerprint density at radius 3 is 0.723 bits per heavy atom. The molecular formula is C126H83F2N9. The van der Waals surface area contributed by atoms with Crippen LogP contribution in [0.4, 0.5) is 8.78 Å². The van der Waals surface area contributed by atoms with Gasteiger partial charge in [0.25, 0.3) is 0 Å². The number of halogens is 2. The number of fused-ring (bicyclic) bond motifs is 9. The van der Waals surface area contributed by atoms with Gasteiger partial charge in [-0.3, -0.25) is 9.13 Å². The van der Waals surface area contributed by atoms with Crippen molar-refractivity contribution >= 4 is 65.4 Å². The molecule has 11 heteroatoms. The summed E-state index contributed by atoms with van der Waals surface area (Å²) in [6.45, 7) is 0. The van der Waals surface area contributed by atoms with E-state index in [0.29, 0.717) is 16.6 Å². The molecule has 0 fully saturated rings. The molecule has 0 spiro atoms. The second-order valence-corrected chi connectivity index (χ2v) is 34.0. The van der Waals surface area contributed by atoms with E-state index >= 15 is 0 Å². The van der Waals surface area contributed by atoms with E-state index in [1.165, 1.54) is 90.3 Å². The van der Waals surface area contributed by atoms with E-state index in [1.54, 1.807) is 12.1 Å². The zero-order chi connectivity index (χ0) is 91.5. The normalized spacial score (nSPS) is 11.3. The SMILES string of the molecule is Fc1ccc2c(c1)c1cc(F)ccc1n2-c1cccc(-c2cc(-c3ccccc3)nc(-c3ccccc3)c2)c1.c1ccc(-c2ccc3c(c2)c2cc(-c4ccccc4)ccc2n3-c2ccc(-c3cc(-c4ccccc4)nc(-c4ccccc4)c3)cn2)cc1.c1ccc(-c2ccc3c(c2)c2cc(-c4ccccc4)ccc2n3-c2ccc(-c3cc(-c4ccccc4)nc(-c4ccccc4)n3)cn2)cc1. The van der Waals surface area contributed by atoms with Gasteiger partial charge in [-0.2, -0.15) is 0 Å². The number of hydrogen-bond acceptors (Lipinski definition) is 6. The van der Waals surface area contributed by atoms with Gasteiger partial charge in [0.05, 0.1) is 67.3 Å². The Kier molecular flexibility index (Phi) is 22.3. The summed E-state index contributed by atoms with van der Waals surface area (Å²) >= 11 is 0. The van der Waals surface area contributed by atoms with Crippen LogP contribution in [0.3, 0.4) is 0 Å². The fourth-order valence-corrected chi connectivity index (χ4v) is 18.7. The second kappa shape index (κ2) is 36.8. The molecule has 25 aromatic rings. The van der Waals surface area contributed by atoms with Gasteiger partial charge in [0, 0.05) is 94.9 Å². The molecule has 0 N–H and O–H groups in total. The van der Waals surface area contributed by atoms with Crippen molar-refractivity contribution in [1.82, 2.24) is 43.6 Å². The topological polar surface area (TPSA) is 92.1 Å². The van der Waals surface area contributed by atoms with E-state index < -0.39 is 0 Å². The molecule has 8 aromatic heterocycles. The molecule has 0 saturated heterocycles. The van der Waals surface area contributed by atoms with E-state index in [0.717, 1.165) is 146 Å². The number of nitrogens with zero attached hydrogens (tertiary/aromatic N) is 9. The van der Waals surface area contributed by atoms with Gasteiger partial charge in [-0.15, -0.1) is 0 Å². The third-order valence-corrected chi connectivity index (χ3v) is 25.4. The lowest BCUT2D eigenvalue weighted by atomic mass is 9.99. The minimum absolute atomic E-state index is 0.349. The molecule has 137 heavy (non-hydrogen) atoms. The van der Waals surface area contributed by atoms with Crippen LogP contribution in [0, 0.1) is 11.6 Å². The summed E-state index contributed by atoms with van der Waals surface area (Å²) in [5.41, 5.74) is 33.3. The van der Waals surface area contributed by atoms with Crippen LogP contribution in [-0.2, 0) is 0 Å². The van der Waals surface area contributed by atoms with Crippen molar-refractivity contribution in [3.8, 4) is 163 Å². The fraction of sp³-hybridized carbons (Fsp3) is 0. The van der Waals surface area contributed by atoms with Gasteiger partial charge in [0.15, 0.2) is 5.82 Å². The lowest BCUT2D eigenvalue weighted by molar-refractivity contribution is 0.628. The van der Waals surface area contributed by atoms with E-state index in [4.69, 9.17) is 29.9 Å². The third-order valence-electron chi connectivity index (χ3n) is 25.4. The van der Waals surface area contributed by atoms with Crippen molar-refractivity contribution in [3.05, 3.63) is 515 Å². The summed E-state index contributed by atoms with van der Waals surface area (Å²) < 4.78 is 35.0. The number of benzene rings is 17. The number of rotatable bonds is 16. The summed E-state index contributed by atoms with van der Waals surface area (Å²) in [5.74, 6) is 1.72. The minimum atomic E-state index is -0.349. The maximum Gasteiger partial charge on any atom is 0.160 e. The predicted octanol–water partition coefficient (Wildman–Crippen LogP) is 32.7. The maximum atomic E-state index is 14.2. The first-order valence-corrected chi connectivity index (χ1v) is 45.8. The first-order chi connectivity index (χ1) is 67.7. The Morgan fingerprint density at radius 2 is 0.401 bits per heavy atom. The molecule has 8 heterocycles. The smallest absolute Gasteiger partial charge is 0.160 e. The van der Waals surface area contributed by atoms with Gasteiger partial charge in [-0.1, -0.05) is 340 Å². The number of hydrogen-bond donors (Lipinski definition) is 0. The first-order valence-electron chi connectivity index (χ1n) is 45.8. The van der Waals surface area contributed by atoms with Crippen LogP contribution in [0.25, 0.3) is 228 Å². The highest BCUT2D eigenvalue weighted by molar-refractivity contribution is 6.14. The number of pyridine rings is 4. The van der Waals surface area contributed by atoms with Crippen LogP contribution < -0.4 is 0 Å². The van der Waals surface area contributed by atoms with E-state index in [1.807, 2.05) is 122 Å². The summed E-state index contributed by atoms with van der Waals surface area (Å²) in [4.78, 5) is 30.2. The molecule has 0 aliphatic carbocycles. The van der Waals surface area contributed by atoms with Crippen molar-refractivity contribution in [2.24, 2.45) is 0 Å². The Labute approximate surface area is 790 Å². The molecule has 0 unspecified atom stereocenters. The summed E-state index contributed by atoms with van der Waals surface area (Å²) in [7, 11) is 0. The van der Waals surface area contributed by atoms with Crippen LogP contribution in [0.15, 0.2) is 504 Å². The maximum absolute atomic E-state index is 14.2. The van der Waals surface area contributed by atoms with E-state index in [9.17, 15) is 8.78 Å². The molecular weight excluding hydrogens is 1680 g/mol. The van der Waals surface area contributed by atoms with Gasteiger partial charge in [0.2, 0.25) is 0 Å². The Morgan fingerprint density at radius 1 is 0.153 bits per heavy atom. The summed E-state index contributed by atoms with van der Waals surface area (Å²) in [6.07, 6.45) is 3.91. The van der Waals surface area contributed by atoms with Crippen molar-refractivity contribution in [2.75, 3.05) is 0 Å². The van der Waals surface area contributed by atoms with Gasteiger partial charge in [0.1, 0.15) is 23.3 Å². The highest BCUT2D eigenvalue weighted by atomic mass is 19.1. The van der Waals surface area contributed by atoms with Gasteiger partial charge < -0.3 is 4.57 Å². The van der Waals surface area contributed by atoms with Crippen molar-refractivity contribution in [1.29, 1.82) is 0 Å². The highest BCUT2D eigenvalue weighted by Crippen LogP contribution is 2.43. The monoisotopic (exact) mass is 1760 g/mol. The van der Waals surface area contributed by atoms with Gasteiger partial charge in [-0.25, -0.2) is 38.7 Å². The van der Waals surface area contributed by atoms with Crippen molar-refractivity contribution in [2.45, 2.75) is 0 Å². The van der Waals surface area contributed by atoms with Crippen LogP contribution in [0.5, 0.6) is 0 Å². The van der Waals surface area contributed by atoms with Crippen molar-refractivity contribution in [3.63, 3.8) is 0 Å². The Hall–Kier alpha value is -18.3. The highest BCUT2D eigenvalue weighted by Gasteiger charge is 2.23. The van der Waals surface area contributed by atoms with E-state index in [2.05, 4.69) is 359 Å². The quantitative estimate of drug-likeness (QED) is 0.0957. The van der Waals surface area contributed by atoms with Crippen LogP contribution in [-0.4, -0.2) is 43.6 Å². The van der Waals surface area contributed by atoms with Gasteiger partial charge in [-0.05, 0) is 213 Å². The molecule has 17 aromatic carbocycles. The molecule has 0 bridgehead atoms. The second-order valence-electron chi connectivity index (χ2n) is 34.0. The molecule has 0 aliphatic heterocycles. The zero-order valence-corrected chi connectivity index (χ0v) is 74.2. The molecule has 0 atom stereocenters. The zero-order valence-electron chi connectivity index (χ0n) is 74.2. The standard InChI is InChI=1S/C46H31N3.C45H30N4.C35H22F2N2/c1-5-13-32(14-6-1)36-21-24-44-40(27-36)41-28-37(33-15-7-2-8-16-33)22-25-45(41)49(44)46-26-23-38(31-47-46)39-29-42(34-17-9-3-10-18-34)48-43(30-39)35-19-11-4-12-20-35;1-5-13-31(14-6-1)35-21-24-42-38(27-35)39-28-36(32-15-7-2-8-16-32)22-25-43(39)49(42)44-26-23-37(30-46-44)41-29-40(33-17-9-3-10-18-33)47-45(48-41)34-19-11-4-12-20-34;36-27-14-16-34-30(21-27)31-22-28(37)15-17-35(31)39(34)29-13-7-12-25(18-29)26-19-32(23-8-3-1-4-9-23)38-33(20-26)24-10-5-2-6-11-24/h1-31H;1-30H;1-22H. The predicted molar refractivity (Wildman–Crippen MR) is 560 cm³/mol. The largest absolute Gasteiger partial charge is 0.309 e. The van der Waals surface area contributed by atoms with Crippen LogP contribution in [0.1, 0.15) is 0 Å². The molecule has 0 amide bonds. The third kappa shape index (κ3) is 16.9. The van der Waals surface area contributed by atoms with E-state index in [-0.39, 0.29) is 11.6 Å². The first kappa shape index (κ1) is 83.0. The lowest BCUT2D eigenvalue weighted by Crippen LogP contribution is -1.99. The molecule has 25 rings (SSSR count). The number of aromatic nitrogens is 9.